The smallest absolute Gasteiger partial charge is 0.00698 e. The van der Waals surface area contributed by atoms with Gasteiger partial charge in [-0.05, 0) is 130 Å². The second-order valence-electron chi connectivity index (χ2n) is 12.7. The molecule has 1 nitrogen and oxygen atoms in total. The normalized spacial score (nSPS) is 52.9. The topological polar surface area (TPSA) is 12.0 Å². The minimum Gasteiger partial charge on any atom is -0.311 e. The van der Waals surface area contributed by atoms with Gasteiger partial charge in [-0.2, -0.15) is 0 Å². The first-order valence-electron chi connectivity index (χ1n) is 14.0. The van der Waals surface area contributed by atoms with Crippen LogP contribution in [0.5, 0.6) is 0 Å². The van der Waals surface area contributed by atoms with Crippen LogP contribution in [0.25, 0.3) is 0 Å². The lowest BCUT2D eigenvalue weighted by atomic mass is 9.64. The molecule has 29 heavy (non-hydrogen) atoms. The van der Waals surface area contributed by atoms with E-state index in [4.69, 9.17) is 0 Å². The maximum atomic E-state index is 4.01. The maximum Gasteiger partial charge on any atom is 0.00698 e. The second kappa shape index (κ2) is 8.14. The first-order chi connectivity index (χ1) is 14.3. The quantitative estimate of drug-likeness (QED) is 0.531. The molecule has 0 aromatic heterocycles. The van der Waals surface area contributed by atoms with E-state index in [0.717, 1.165) is 65.3 Å². The summed E-state index contributed by atoms with van der Waals surface area (Å²) < 4.78 is 0. The second-order valence-corrected chi connectivity index (χ2v) is 12.7. The van der Waals surface area contributed by atoms with E-state index in [1.807, 2.05) is 0 Å². The van der Waals surface area contributed by atoms with Crippen molar-refractivity contribution in [2.75, 3.05) is 0 Å². The minimum absolute atomic E-state index is 0.863. The summed E-state index contributed by atoms with van der Waals surface area (Å²) in [5.74, 6) is 9.90. The van der Waals surface area contributed by atoms with Gasteiger partial charge in [-0.15, -0.1) is 0 Å². The van der Waals surface area contributed by atoms with E-state index in [1.165, 1.54) is 32.1 Å². The fraction of sp³-hybridized carbons (Fsp3) is 1.00. The molecule has 0 heterocycles. The average molecular weight is 398 g/mol. The summed E-state index contributed by atoms with van der Waals surface area (Å²) >= 11 is 0. The third-order valence-corrected chi connectivity index (χ3v) is 11.7. The first-order valence-corrected chi connectivity index (χ1v) is 14.0. The Morgan fingerprint density at radius 2 is 1.00 bits per heavy atom. The van der Waals surface area contributed by atoms with Gasteiger partial charge in [0.2, 0.25) is 0 Å². The number of rotatable bonds is 3. The highest BCUT2D eigenvalue weighted by molar-refractivity contribution is 5.03. The molecule has 0 aliphatic heterocycles. The summed E-state index contributed by atoms with van der Waals surface area (Å²) in [5.41, 5.74) is 0. The van der Waals surface area contributed by atoms with Crippen molar-refractivity contribution in [2.45, 2.75) is 122 Å². The molecule has 8 atom stereocenters. The molecule has 6 saturated carbocycles. The highest BCUT2D eigenvalue weighted by atomic mass is 15.0. The van der Waals surface area contributed by atoms with Crippen molar-refractivity contribution < 1.29 is 0 Å². The van der Waals surface area contributed by atoms with Gasteiger partial charge in [-0.1, -0.05) is 32.6 Å². The van der Waals surface area contributed by atoms with Crippen LogP contribution in [-0.4, -0.2) is 12.1 Å². The van der Waals surface area contributed by atoms with E-state index < -0.39 is 0 Å². The van der Waals surface area contributed by atoms with E-state index in [-0.39, 0.29) is 0 Å². The Balaban J connectivity index is 1.19. The summed E-state index contributed by atoms with van der Waals surface area (Å²) in [4.78, 5) is 0. The Bertz CT molecular complexity index is 559. The molecule has 6 aliphatic rings. The summed E-state index contributed by atoms with van der Waals surface area (Å²) in [6.07, 6.45) is 24.8. The van der Waals surface area contributed by atoms with Gasteiger partial charge < -0.3 is 5.32 Å². The first kappa shape index (κ1) is 19.6. The van der Waals surface area contributed by atoms with E-state index in [2.05, 4.69) is 12.2 Å². The van der Waals surface area contributed by atoms with E-state index >= 15 is 0 Å². The van der Waals surface area contributed by atoms with Gasteiger partial charge in [0.1, 0.15) is 0 Å². The summed E-state index contributed by atoms with van der Waals surface area (Å²) in [7, 11) is 0. The molecule has 0 aromatic rings. The third-order valence-electron chi connectivity index (χ3n) is 11.7. The lowest BCUT2D eigenvalue weighted by Gasteiger charge is -2.42. The molecule has 6 aliphatic carbocycles. The Morgan fingerprint density at radius 1 is 0.448 bits per heavy atom. The van der Waals surface area contributed by atoms with Crippen molar-refractivity contribution in [1.29, 1.82) is 0 Å². The van der Waals surface area contributed by atoms with Crippen LogP contribution in [0.15, 0.2) is 0 Å². The van der Waals surface area contributed by atoms with Crippen molar-refractivity contribution in [3.05, 3.63) is 0 Å². The number of nitrogens with one attached hydrogen (secondary N) is 1. The molecule has 6 fully saturated rings. The number of hydrogen-bond donors (Lipinski definition) is 1. The zero-order valence-electron chi connectivity index (χ0n) is 19.2. The standard InChI is InChI=1S/C28H47N/c1-18-23-10-5-11-24(23)28-17-20(16-27(18)25-8-2-3-9-26(25)28)19-12-14-22(15-13-19)29-21-6-4-7-21/h18-29H,2-17H2,1H3. The fourth-order valence-electron chi connectivity index (χ4n) is 10.1. The monoisotopic (exact) mass is 397 g/mol. The third kappa shape index (κ3) is 3.54. The molecule has 164 valence electrons. The van der Waals surface area contributed by atoms with Crippen LogP contribution in [0.3, 0.4) is 0 Å². The fourth-order valence-corrected chi connectivity index (χ4v) is 10.1. The zero-order valence-corrected chi connectivity index (χ0v) is 19.2. The van der Waals surface area contributed by atoms with Crippen molar-refractivity contribution in [2.24, 2.45) is 53.3 Å². The molecule has 0 spiro atoms. The van der Waals surface area contributed by atoms with E-state index in [1.54, 1.807) is 70.6 Å². The van der Waals surface area contributed by atoms with Crippen LogP contribution in [0.4, 0.5) is 0 Å². The molecule has 0 radical (unpaired) electrons. The van der Waals surface area contributed by atoms with E-state index in [0.29, 0.717) is 0 Å². The van der Waals surface area contributed by atoms with Crippen LogP contribution in [0.1, 0.15) is 110 Å². The van der Waals surface area contributed by atoms with Gasteiger partial charge in [0.05, 0.1) is 0 Å². The molecule has 2 bridgehead atoms. The Labute approximate surface area is 180 Å². The largest absolute Gasteiger partial charge is 0.311 e. The zero-order chi connectivity index (χ0) is 19.4. The molecule has 8 unspecified atom stereocenters. The van der Waals surface area contributed by atoms with Crippen LogP contribution in [0, 0.1) is 53.3 Å². The minimum atomic E-state index is 0.863. The number of hydrogen-bond acceptors (Lipinski definition) is 1. The molecule has 1 N–H and O–H groups in total. The highest BCUT2D eigenvalue weighted by Gasteiger charge is 2.54. The lowest BCUT2D eigenvalue weighted by Crippen LogP contribution is -2.44. The molecule has 0 amide bonds. The molecule has 0 aromatic carbocycles. The van der Waals surface area contributed by atoms with Crippen LogP contribution >= 0.6 is 0 Å². The van der Waals surface area contributed by atoms with Gasteiger partial charge >= 0.3 is 0 Å². The summed E-state index contributed by atoms with van der Waals surface area (Å²) in [6, 6.07) is 1.75. The Hall–Kier alpha value is -0.0400. The maximum absolute atomic E-state index is 4.01. The summed E-state index contributed by atoms with van der Waals surface area (Å²) in [5, 5.41) is 4.01. The lowest BCUT2D eigenvalue weighted by molar-refractivity contribution is 0.0800. The molecular weight excluding hydrogens is 350 g/mol. The summed E-state index contributed by atoms with van der Waals surface area (Å²) in [6.45, 7) is 2.73. The average Bonchev–Trinajstić information content (AvgIpc) is 3.10. The molecule has 1 heteroatoms. The van der Waals surface area contributed by atoms with E-state index in [9.17, 15) is 0 Å². The van der Waals surface area contributed by atoms with Gasteiger partial charge in [-0.3, -0.25) is 0 Å². The van der Waals surface area contributed by atoms with Gasteiger partial charge in [-0.25, -0.2) is 0 Å². The number of fused-ring (bicyclic) bond motifs is 2. The van der Waals surface area contributed by atoms with Gasteiger partial charge in [0.15, 0.2) is 0 Å². The van der Waals surface area contributed by atoms with Crippen molar-refractivity contribution >= 4 is 0 Å². The van der Waals surface area contributed by atoms with Crippen LogP contribution in [-0.2, 0) is 0 Å². The van der Waals surface area contributed by atoms with Crippen molar-refractivity contribution in [3.8, 4) is 0 Å². The van der Waals surface area contributed by atoms with Crippen LogP contribution in [0.2, 0.25) is 0 Å². The van der Waals surface area contributed by atoms with Crippen molar-refractivity contribution in [3.63, 3.8) is 0 Å². The Kier molecular flexibility index (Phi) is 5.51. The van der Waals surface area contributed by atoms with Gasteiger partial charge in [0.25, 0.3) is 0 Å². The molecular formula is C28H47N. The molecule has 6 rings (SSSR count). The van der Waals surface area contributed by atoms with Crippen molar-refractivity contribution in [1.82, 2.24) is 5.32 Å². The predicted octanol–water partition coefficient (Wildman–Crippen LogP) is 7.20. The highest BCUT2D eigenvalue weighted by Crippen LogP contribution is 2.62. The van der Waals surface area contributed by atoms with Crippen LogP contribution < -0.4 is 5.32 Å². The van der Waals surface area contributed by atoms with Gasteiger partial charge in [0, 0.05) is 12.1 Å². The predicted molar refractivity (Wildman–Crippen MR) is 122 cm³/mol. The SMILES string of the molecule is CC1C2CC(C3CCC(NC4CCC4)CC3)CC(C3CCCC13)C1CCCCC21. The Morgan fingerprint density at radius 3 is 1.72 bits per heavy atom. The molecule has 0 saturated heterocycles.